The average Bonchev–Trinajstić information content (AvgIpc) is 2.38. The van der Waals surface area contributed by atoms with E-state index in [4.69, 9.17) is 10.00 Å². The van der Waals surface area contributed by atoms with Crippen LogP contribution in [0.4, 0.5) is 0 Å². The minimum absolute atomic E-state index is 0.00372. The van der Waals surface area contributed by atoms with E-state index >= 15 is 0 Å². The zero-order valence-electron chi connectivity index (χ0n) is 9.82. The number of carbonyl (C=O) groups is 1. The number of rotatable bonds is 5. The maximum Gasteiger partial charge on any atom is 0.229 e. The highest BCUT2D eigenvalue weighted by Gasteiger charge is 2.04. The summed E-state index contributed by atoms with van der Waals surface area (Å²) < 4.78 is 5.06. The van der Waals surface area contributed by atoms with Crippen LogP contribution in [0.3, 0.4) is 0 Å². The SMILES string of the molecule is CNC(=O)CSCc1ccc(OC)c(C#N)c1. The Morgan fingerprint density at radius 2 is 2.35 bits per heavy atom. The number of methoxy groups -OCH3 is 1. The third-order valence-corrected chi connectivity index (χ3v) is 3.17. The van der Waals surface area contributed by atoms with Crippen LogP contribution in [-0.4, -0.2) is 25.8 Å². The lowest BCUT2D eigenvalue weighted by Crippen LogP contribution is -2.19. The van der Waals surface area contributed by atoms with Crippen molar-refractivity contribution in [3.63, 3.8) is 0 Å². The predicted octanol–water partition coefficient (Wildman–Crippen LogP) is 1.55. The summed E-state index contributed by atoms with van der Waals surface area (Å²) in [5, 5.41) is 11.5. The van der Waals surface area contributed by atoms with Crippen LogP contribution in [-0.2, 0) is 10.5 Å². The Labute approximate surface area is 105 Å². The predicted molar refractivity (Wildman–Crippen MR) is 67.9 cm³/mol. The fourth-order valence-electron chi connectivity index (χ4n) is 1.27. The maximum atomic E-state index is 11.0. The Kier molecular flexibility index (Phi) is 5.37. The first-order chi connectivity index (χ1) is 8.21. The molecule has 0 atom stereocenters. The van der Waals surface area contributed by atoms with Crippen LogP contribution < -0.4 is 10.1 Å². The van der Waals surface area contributed by atoms with Crippen LogP contribution in [0, 0.1) is 11.3 Å². The van der Waals surface area contributed by atoms with Gasteiger partial charge in [0.25, 0.3) is 0 Å². The van der Waals surface area contributed by atoms with E-state index < -0.39 is 0 Å². The molecule has 0 bridgehead atoms. The van der Waals surface area contributed by atoms with Crippen molar-refractivity contribution >= 4 is 17.7 Å². The number of nitrogens with zero attached hydrogens (tertiary/aromatic N) is 1. The van der Waals surface area contributed by atoms with E-state index in [2.05, 4.69) is 11.4 Å². The second-order valence-corrected chi connectivity index (χ2v) is 4.30. The van der Waals surface area contributed by atoms with Gasteiger partial charge in [-0.1, -0.05) is 6.07 Å². The number of nitrogens with one attached hydrogen (secondary N) is 1. The molecule has 0 aliphatic carbocycles. The van der Waals surface area contributed by atoms with Gasteiger partial charge >= 0.3 is 0 Å². The second kappa shape index (κ2) is 6.81. The largest absolute Gasteiger partial charge is 0.495 e. The Bertz CT molecular complexity index is 441. The van der Waals surface area contributed by atoms with E-state index in [1.807, 2.05) is 6.07 Å². The molecule has 0 aliphatic rings. The van der Waals surface area contributed by atoms with Crippen LogP contribution in [0.1, 0.15) is 11.1 Å². The molecule has 1 aromatic rings. The van der Waals surface area contributed by atoms with Crippen LogP contribution in [0.5, 0.6) is 5.75 Å². The molecule has 0 unspecified atom stereocenters. The zero-order chi connectivity index (χ0) is 12.7. The van der Waals surface area contributed by atoms with Gasteiger partial charge < -0.3 is 10.1 Å². The van der Waals surface area contributed by atoms with E-state index in [1.54, 1.807) is 19.2 Å². The lowest BCUT2D eigenvalue weighted by atomic mass is 10.1. The highest BCUT2D eigenvalue weighted by Crippen LogP contribution is 2.21. The van der Waals surface area contributed by atoms with Gasteiger partial charge in [-0.15, -0.1) is 11.8 Å². The minimum Gasteiger partial charge on any atom is -0.495 e. The average molecular weight is 250 g/mol. The highest BCUT2D eigenvalue weighted by atomic mass is 32.2. The van der Waals surface area contributed by atoms with Gasteiger partial charge in [-0.2, -0.15) is 5.26 Å². The monoisotopic (exact) mass is 250 g/mol. The number of ether oxygens (including phenoxy) is 1. The second-order valence-electron chi connectivity index (χ2n) is 3.31. The summed E-state index contributed by atoms with van der Waals surface area (Å²) in [4.78, 5) is 11.0. The first-order valence-electron chi connectivity index (χ1n) is 5.06. The molecule has 1 rings (SSSR count). The van der Waals surface area contributed by atoms with E-state index in [-0.39, 0.29) is 5.91 Å². The highest BCUT2D eigenvalue weighted by molar-refractivity contribution is 7.99. The molecule has 0 heterocycles. The van der Waals surface area contributed by atoms with E-state index in [0.717, 1.165) is 5.56 Å². The summed E-state index contributed by atoms with van der Waals surface area (Å²) >= 11 is 1.51. The van der Waals surface area contributed by atoms with E-state index in [0.29, 0.717) is 22.8 Å². The standard InChI is InChI=1S/C12H14N2O2S/c1-14-12(15)8-17-7-9-3-4-11(16-2)10(5-9)6-13/h3-5H,7-8H2,1-2H3,(H,14,15). The maximum absolute atomic E-state index is 11.0. The van der Waals surface area contributed by atoms with E-state index in [9.17, 15) is 4.79 Å². The summed E-state index contributed by atoms with van der Waals surface area (Å²) in [6.45, 7) is 0. The van der Waals surface area contributed by atoms with Crippen LogP contribution >= 0.6 is 11.8 Å². The fraction of sp³-hybridized carbons (Fsp3) is 0.333. The summed E-state index contributed by atoms with van der Waals surface area (Å²) in [6.07, 6.45) is 0. The molecule has 0 aromatic heterocycles. The van der Waals surface area contributed by atoms with Crippen molar-refractivity contribution in [1.29, 1.82) is 5.26 Å². The quantitative estimate of drug-likeness (QED) is 0.861. The fourth-order valence-corrected chi connectivity index (χ4v) is 2.11. The number of carbonyl (C=O) groups excluding carboxylic acids is 1. The number of hydrogen-bond acceptors (Lipinski definition) is 4. The van der Waals surface area contributed by atoms with Gasteiger partial charge in [0, 0.05) is 12.8 Å². The Hall–Kier alpha value is -1.67. The summed E-state index contributed by atoms with van der Waals surface area (Å²) in [5.74, 6) is 1.70. The van der Waals surface area contributed by atoms with Gasteiger partial charge in [-0.05, 0) is 17.7 Å². The summed E-state index contributed by atoms with van der Waals surface area (Å²) in [5.41, 5.74) is 1.53. The van der Waals surface area contributed by atoms with Crippen LogP contribution in [0.15, 0.2) is 18.2 Å². The van der Waals surface area contributed by atoms with Crippen molar-refractivity contribution in [2.45, 2.75) is 5.75 Å². The normalized spacial score (nSPS) is 9.47. The molecular formula is C12H14N2O2S. The topological polar surface area (TPSA) is 62.1 Å². The number of thioether (sulfide) groups is 1. The smallest absolute Gasteiger partial charge is 0.229 e. The van der Waals surface area contributed by atoms with Gasteiger partial charge in [0.05, 0.1) is 18.4 Å². The Balaban J connectivity index is 2.61. The molecule has 90 valence electrons. The number of hydrogen-bond donors (Lipinski definition) is 1. The molecule has 4 nitrogen and oxygen atoms in total. The first-order valence-corrected chi connectivity index (χ1v) is 6.22. The lowest BCUT2D eigenvalue weighted by Gasteiger charge is -2.05. The molecule has 1 N–H and O–H groups in total. The molecule has 0 fully saturated rings. The van der Waals surface area contributed by atoms with Crippen molar-refractivity contribution in [3.8, 4) is 11.8 Å². The zero-order valence-corrected chi connectivity index (χ0v) is 10.6. The third-order valence-electron chi connectivity index (χ3n) is 2.17. The molecule has 0 radical (unpaired) electrons. The van der Waals surface area contributed by atoms with Crippen molar-refractivity contribution < 1.29 is 9.53 Å². The molecule has 0 spiro atoms. The van der Waals surface area contributed by atoms with Gasteiger partial charge in [0.15, 0.2) is 0 Å². The van der Waals surface area contributed by atoms with Gasteiger partial charge in [0.2, 0.25) is 5.91 Å². The van der Waals surface area contributed by atoms with Crippen LogP contribution in [0.25, 0.3) is 0 Å². The van der Waals surface area contributed by atoms with Gasteiger partial charge in [0.1, 0.15) is 11.8 Å². The molecule has 0 aliphatic heterocycles. The van der Waals surface area contributed by atoms with Crippen molar-refractivity contribution in [2.75, 3.05) is 19.9 Å². The molecular weight excluding hydrogens is 236 g/mol. The van der Waals surface area contributed by atoms with Crippen LogP contribution in [0.2, 0.25) is 0 Å². The number of amides is 1. The van der Waals surface area contributed by atoms with Gasteiger partial charge in [-0.25, -0.2) is 0 Å². The van der Waals surface area contributed by atoms with Gasteiger partial charge in [-0.3, -0.25) is 4.79 Å². The molecule has 1 amide bonds. The molecule has 1 aromatic carbocycles. The Morgan fingerprint density at radius 1 is 1.59 bits per heavy atom. The molecule has 5 heteroatoms. The van der Waals surface area contributed by atoms with Crippen molar-refractivity contribution in [3.05, 3.63) is 29.3 Å². The Morgan fingerprint density at radius 3 is 2.94 bits per heavy atom. The number of nitriles is 1. The number of benzene rings is 1. The van der Waals surface area contributed by atoms with Crippen molar-refractivity contribution in [1.82, 2.24) is 5.32 Å². The molecule has 17 heavy (non-hydrogen) atoms. The lowest BCUT2D eigenvalue weighted by molar-refractivity contribution is -0.118. The molecule has 0 saturated carbocycles. The minimum atomic E-state index is 0.00372. The third kappa shape index (κ3) is 4.00. The van der Waals surface area contributed by atoms with Crippen molar-refractivity contribution in [2.24, 2.45) is 0 Å². The molecule has 0 saturated heterocycles. The first kappa shape index (κ1) is 13.4. The summed E-state index contributed by atoms with van der Waals surface area (Å²) in [7, 11) is 3.15. The summed E-state index contributed by atoms with van der Waals surface area (Å²) in [6, 6.07) is 7.54. The van der Waals surface area contributed by atoms with E-state index in [1.165, 1.54) is 18.9 Å².